The molecule has 2 aromatic carbocycles. The van der Waals surface area contributed by atoms with Crippen molar-refractivity contribution in [2.24, 2.45) is 0 Å². The van der Waals surface area contributed by atoms with Gasteiger partial charge in [-0.15, -0.1) is 0 Å². The summed E-state index contributed by atoms with van der Waals surface area (Å²) >= 11 is 0. The topological polar surface area (TPSA) is 26.3 Å². The summed E-state index contributed by atoms with van der Waals surface area (Å²) in [6, 6.07) is 11.9. The number of benzene rings is 2. The van der Waals surface area contributed by atoms with Crippen molar-refractivity contribution in [3.05, 3.63) is 65.0 Å². The lowest BCUT2D eigenvalue weighted by Gasteiger charge is -2.08. The summed E-state index contributed by atoms with van der Waals surface area (Å²) in [4.78, 5) is 12.0. The van der Waals surface area contributed by atoms with Crippen LogP contribution in [-0.4, -0.2) is 12.4 Å². The Balaban J connectivity index is 2.09. The Hall–Kier alpha value is -2.16. The molecule has 0 aliphatic carbocycles. The fraction of sp³-hybridized carbons (Fsp3) is 0.188. The second-order valence-electron chi connectivity index (χ2n) is 4.46. The third kappa shape index (κ3) is 3.19. The molecule has 0 saturated carbocycles. The molecule has 19 heavy (non-hydrogen) atoms. The normalized spacial score (nSPS) is 10.3. The van der Waals surface area contributed by atoms with Crippen molar-refractivity contribution >= 4 is 5.78 Å². The fourth-order valence-corrected chi connectivity index (χ4v) is 1.83. The summed E-state index contributed by atoms with van der Waals surface area (Å²) < 4.78 is 18.7. The van der Waals surface area contributed by atoms with Crippen LogP contribution in [0.15, 0.2) is 42.5 Å². The average molecular weight is 258 g/mol. The lowest BCUT2D eigenvalue weighted by atomic mass is 10.1. The molecule has 0 aliphatic rings. The maximum Gasteiger partial charge on any atom is 0.200 e. The molecular formula is C16H15FO2. The molecule has 0 unspecified atom stereocenters. The number of halogens is 1. The number of hydrogen-bond donors (Lipinski definition) is 0. The molecule has 0 N–H and O–H groups in total. The van der Waals surface area contributed by atoms with Gasteiger partial charge in [-0.3, -0.25) is 4.79 Å². The van der Waals surface area contributed by atoms with Crippen LogP contribution in [0.3, 0.4) is 0 Å². The minimum absolute atomic E-state index is 0.113. The van der Waals surface area contributed by atoms with Gasteiger partial charge in [-0.2, -0.15) is 0 Å². The molecule has 0 amide bonds. The Morgan fingerprint density at radius 1 is 1.16 bits per heavy atom. The molecular weight excluding hydrogens is 243 g/mol. The molecule has 0 heterocycles. The number of ether oxygens (including phenoxy) is 1. The highest BCUT2D eigenvalue weighted by molar-refractivity contribution is 5.98. The van der Waals surface area contributed by atoms with Gasteiger partial charge in [0, 0.05) is 5.56 Å². The van der Waals surface area contributed by atoms with E-state index in [-0.39, 0.29) is 18.1 Å². The van der Waals surface area contributed by atoms with Crippen molar-refractivity contribution in [3.63, 3.8) is 0 Å². The third-order valence-electron chi connectivity index (χ3n) is 2.89. The quantitative estimate of drug-likeness (QED) is 0.781. The Bertz CT molecular complexity index is 605. The standard InChI is InChI=1S/C16H15FO2/c1-11-7-8-14(17)16(9-11)19-10-15(18)13-6-4-3-5-12(13)2/h3-9H,10H2,1-2H3. The molecule has 0 atom stereocenters. The largest absolute Gasteiger partial charge is 0.482 e. The van der Waals surface area contributed by atoms with Crippen LogP contribution in [0.4, 0.5) is 4.39 Å². The molecule has 0 saturated heterocycles. The van der Waals surface area contributed by atoms with Crippen molar-refractivity contribution in [2.45, 2.75) is 13.8 Å². The summed E-state index contributed by atoms with van der Waals surface area (Å²) in [5.74, 6) is -0.496. The maximum atomic E-state index is 13.5. The van der Waals surface area contributed by atoms with Crippen LogP contribution in [-0.2, 0) is 0 Å². The van der Waals surface area contributed by atoms with Crippen LogP contribution in [0.1, 0.15) is 21.5 Å². The number of Topliss-reactive ketones (excluding diaryl/α,β-unsaturated/α-hetero) is 1. The molecule has 2 aromatic rings. The lowest BCUT2D eigenvalue weighted by Crippen LogP contribution is -2.13. The van der Waals surface area contributed by atoms with Gasteiger partial charge in [0.2, 0.25) is 0 Å². The minimum atomic E-state index is -0.455. The van der Waals surface area contributed by atoms with Crippen LogP contribution >= 0.6 is 0 Å². The van der Waals surface area contributed by atoms with Gasteiger partial charge < -0.3 is 4.74 Å². The second kappa shape index (κ2) is 5.65. The van der Waals surface area contributed by atoms with Crippen LogP contribution < -0.4 is 4.74 Å². The minimum Gasteiger partial charge on any atom is -0.482 e. The zero-order valence-corrected chi connectivity index (χ0v) is 10.9. The molecule has 0 spiro atoms. The van der Waals surface area contributed by atoms with Gasteiger partial charge in [-0.05, 0) is 37.1 Å². The molecule has 0 fully saturated rings. The van der Waals surface area contributed by atoms with E-state index >= 15 is 0 Å². The Kier molecular flexibility index (Phi) is 3.95. The van der Waals surface area contributed by atoms with Crippen LogP contribution in [0, 0.1) is 19.7 Å². The van der Waals surface area contributed by atoms with Crippen molar-refractivity contribution in [1.29, 1.82) is 0 Å². The van der Waals surface area contributed by atoms with Crippen molar-refractivity contribution < 1.29 is 13.9 Å². The first-order valence-electron chi connectivity index (χ1n) is 6.05. The summed E-state index contributed by atoms with van der Waals surface area (Å²) in [6.07, 6.45) is 0. The lowest BCUT2D eigenvalue weighted by molar-refractivity contribution is 0.0918. The second-order valence-corrected chi connectivity index (χ2v) is 4.46. The SMILES string of the molecule is Cc1ccc(F)c(OCC(=O)c2ccccc2C)c1. The van der Waals surface area contributed by atoms with E-state index in [1.165, 1.54) is 6.07 Å². The predicted molar refractivity (Wildman–Crippen MR) is 72.1 cm³/mol. The zero-order valence-electron chi connectivity index (χ0n) is 10.9. The number of ketones is 1. The maximum absolute atomic E-state index is 13.5. The number of aryl methyl sites for hydroxylation is 2. The Morgan fingerprint density at radius 3 is 2.63 bits per heavy atom. The summed E-state index contributed by atoms with van der Waals surface area (Å²) in [7, 11) is 0. The van der Waals surface area contributed by atoms with Gasteiger partial charge >= 0.3 is 0 Å². The Morgan fingerprint density at radius 2 is 1.89 bits per heavy atom. The monoisotopic (exact) mass is 258 g/mol. The third-order valence-corrected chi connectivity index (χ3v) is 2.89. The summed E-state index contributed by atoms with van der Waals surface area (Å²) in [5.41, 5.74) is 2.39. The first-order chi connectivity index (χ1) is 9.08. The van der Waals surface area contributed by atoms with Crippen molar-refractivity contribution in [1.82, 2.24) is 0 Å². The predicted octanol–water partition coefficient (Wildman–Crippen LogP) is 3.70. The first kappa shape index (κ1) is 13.3. The van der Waals surface area contributed by atoms with Gasteiger partial charge in [0.05, 0.1) is 0 Å². The number of hydrogen-bond acceptors (Lipinski definition) is 2. The van der Waals surface area contributed by atoms with E-state index in [0.717, 1.165) is 11.1 Å². The fourth-order valence-electron chi connectivity index (χ4n) is 1.83. The van der Waals surface area contributed by atoms with E-state index in [2.05, 4.69) is 0 Å². The van der Waals surface area contributed by atoms with E-state index < -0.39 is 5.82 Å². The van der Waals surface area contributed by atoms with E-state index in [9.17, 15) is 9.18 Å². The molecule has 0 radical (unpaired) electrons. The number of carbonyl (C=O) groups is 1. The first-order valence-corrected chi connectivity index (χ1v) is 6.05. The number of carbonyl (C=O) groups excluding carboxylic acids is 1. The van der Waals surface area contributed by atoms with Gasteiger partial charge in [-0.1, -0.05) is 30.3 Å². The molecule has 98 valence electrons. The highest BCUT2D eigenvalue weighted by Crippen LogP contribution is 2.19. The highest BCUT2D eigenvalue weighted by atomic mass is 19.1. The summed E-state index contributed by atoms with van der Waals surface area (Å²) in [5, 5.41) is 0. The van der Waals surface area contributed by atoms with E-state index in [1.54, 1.807) is 24.3 Å². The van der Waals surface area contributed by atoms with Gasteiger partial charge in [0.1, 0.15) is 0 Å². The molecule has 0 aromatic heterocycles. The molecule has 3 heteroatoms. The van der Waals surface area contributed by atoms with Gasteiger partial charge in [0.15, 0.2) is 24.0 Å². The molecule has 2 nitrogen and oxygen atoms in total. The number of rotatable bonds is 4. The van der Waals surface area contributed by atoms with Crippen molar-refractivity contribution in [3.8, 4) is 5.75 Å². The van der Waals surface area contributed by atoms with E-state index in [0.29, 0.717) is 5.56 Å². The Labute approximate surface area is 111 Å². The van der Waals surface area contributed by atoms with E-state index in [4.69, 9.17) is 4.74 Å². The molecule has 0 bridgehead atoms. The zero-order chi connectivity index (χ0) is 13.8. The smallest absolute Gasteiger partial charge is 0.200 e. The molecule has 2 rings (SSSR count). The van der Waals surface area contributed by atoms with Crippen LogP contribution in [0.5, 0.6) is 5.75 Å². The van der Waals surface area contributed by atoms with Gasteiger partial charge in [0.25, 0.3) is 0 Å². The summed E-state index contributed by atoms with van der Waals surface area (Å²) in [6.45, 7) is 3.54. The van der Waals surface area contributed by atoms with Gasteiger partial charge in [-0.25, -0.2) is 4.39 Å². The molecule has 0 aliphatic heterocycles. The van der Waals surface area contributed by atoms with Crippen LogP contribution in [0.2, 0.25) is 0 Å². The van der Waals surface area contributed by atoms with Crippen molar-refractivity contribution in [2.75, 3.05) is 6.61 Å². The van der Waals surface area contributed by atoms with E-state index in [1.807, 2.05) is 26.0 Å². The highest BCUT2D eigenvalue weighted by Gasteiger charge is 2.11. The average Bonchev–Trinajstić information content (AvgIpc) is 2.40. The van der Waals surface area contributed by atoms with Crippen LogP contribution in [0.25, 0.3) is 0 Å².